The van der Waals surface area contributed by atoms with Crippen LogP contribution < -0.4 is 14.8 Å². The van der Waals surface area contributed by atoms with Crippen LogP contribution in [0.3, 0.4) is 0 Å². The van der Waals surface area contributed by atoms with Gasteiger partial charge in [0.1, 0.15) is 0 Å². The van der Waals surface area contributed by atoms with Crippen molar-refractivity contribution in [3.63, 3.8) is 0 Å². The molecular weight excluding hydrogens is 310 g/mol. The molecule has 0 unspecified atom stereocenters. The second-order valence-electron chi connectivity index (χ2n) is 6.12. The summed E-state index contributed by atoms with van der Waals surface area (Å²) in [6, 6.07) is 5.04. The Balaban J connectivity index is 2.02. The van der Waals surface area contributed by atoms with Crippen molar-refractivity contribution in [1.29, 1.82) is 0 Å². The molecule has 1 saturated carbocycles. The molecule has 2 rings (SSSR count). The van der Waals surface area contributed by atoms with E-state index in [1.165, 1.54) is 0 Å². The van der Waals surface area contributed by atoms with Gasteiger partial charge in [-0.2, -0.15) is 0 Å². The number of nitrogens with one attached hydrogen (secondary N) is 1. The standard InChI is InChI=1S/C18H25NO5/c1-23-15-9-8-12(10-16(15)24-2)11-17(20)19-14-7-5-3-4-6-13(14)18(21)22/h8-10,13-14H,3-7,11H2,1-2H3,(H,19,20)(H,21,22)/t13-,14+/m1/s1. The summed E-state index contributed by atoms with van der Waals surface area (Å²) in [6.45, 7) is 0. The number of aliphatic carboxylic acids is 1. The van der Waals surface area contributed by atoms with Gasteiger partial charge in [0.15, 0.2) is 11.5 Å². The minimum Gasteiger partial charge on any atom is -0.493 e. The summed E-state index contributed by atoms with van der Waals surface area (Å²) in [4.78, 5) is 23.8. The average molecular weight is 335 g/mol. The molecule has 0 bridgehead atoms. The number of benzene rings is 1. The Hall–Kier alpha value is -2.24. The van der Waals surface area contributed by atoms with E-state index in [2.05, 4.69) is 5.32 Å². The molecule has 0 aromatic heterocycles. The third kappa shape index (κ3) is 4.63. The van der Waals surface area contributed by atoms with Crippen molar-refractivity contribution in [2.75, 3.05) is 14.2 Å². The molecule has 0 saturated heterocycles. The molecule has 2 atom stereocenters. The predicted molar refractivity (Wildman–Crippen MR) is 89.4 cm³/mol. The third-order valence-electron chi connectivity index (χ3n) is 4.49. The van der Waals surface area contributed by atoms with Crippen LogP contribution in [0.2, 0.25) is 0 Å². The van der Waals surface area contributed by atoms with Gasteiger partial charge in [-0.25, -0.2) is 0 Å². The zero-order valence-corrected chi connectivity index (χ0v) is 14.2. The van der Waals surface area contributed by atoms with Crippen LogP contribution >= 0.6 is 0 Å². The minimum absolute atomic E-state index is 0.166. The average Bonchev–Trinajstić information content (AvgIpc) is 2.80. The highest BCUT2D eigenvalue weighted by molar-refractivity contribution is 5.80. The Kier molecular flexibility index (Phi) is 6.46. The highest BCUT2D eigenvalue weighted by Crippen LogP contribution is 2.28. The van der Waals surface area contributed by atoms with Crippen LogP contribution in [0.15, 0.2) is 18.2 Å². The second-order valence-corrected chi connectivity index (χ2v) is 6.12. The van der Waals surface area contributed by atoms with Gasteiger partial charge in [-0.3, -0.25) is 9.59 Å². The lowest BCUT2D eigenvalue weighted by atomic mass is 9.94. The Labute approximate surface area is 142 Å². The first-order valence-corrected chi connectivity index (χ1v) is 8.28. The smallest absolute Gasteiger partial charge is 0.308 e. The van der Waals surface area contributed by atoms with Gasteiger partial charge >= 0.3 is 5.97 Å². The monoisotopic (exact) mass is 335 g/mol. The zero-order chi connectivity index (χ0) is 17.5. The lowest BCUT2D eigenvalue weighted by Crippen LogP contribution is -2.43. The molecule has 6 heteroatoms. The lowest BCUT2D eigenvalue weighted by molar-refractivity contribution is -0.143. The fraction of sp³-hybridized carbons (Fsp3) is 0.556. The molecule has 1 aliphatic carbocycles. The van der Waals surface area contributed by atoms with Gasteiger partial charge < -0.3 is 19.9 Å². The number of hydrogen-bond acceptors (Lipinski definition) is 4. The van der Waals surface area contributed by atoms with E-state index in [4.69, 9.17) is 9.47 Å². The zero-order valence-electron chi connectivity index (χ0n) is 14.2. The van der Waals surface area contributed by atoms with E-state index in [9.17, 15) is 14.7 Å². The molecule has 1 fully saturated rings. The molecule has 0 heterocycles. The van der Waals surface area contributed by atoms with Crippen molar-refractivity contribution >= 4 is 11.9 Å². The third-order valence-corrected chi connectivity index (χ3v) is 4.49. The van der Waals surface area contributed by atoms with E-state index in [0.29, 0.717) is 24.3 Å². The largest absolute Gasteiger partial charge is 0.493 e. The van der Waals surface area contributed by atoms with Gasteiger partial charge in [-0.05, 0) is 30.5 Å². The fourth-order valence-electron chi connectivity index (χ4n) is 3.21. The molecule has 24 heavy (non-hydrogen) atoms. The quantitative estimate of drug-likeness (QED) is 0.780. The SMILES string of the molecule is COc1ccc(CC(=O)N[C@H]2CCCCC[C@H]2C(=O)O)cc1OC. The van der Waals surface area contributed by atoms with Crippen molar-refractivity contribution in [2.45, 2.75) is 44.6 Å². The van der Waals surface area contributed by atoms with Crippen LogP contribution in [0.25, 0.3) is 0 Å². The Morgan fingerprint density at radius 2 is 1.83 bits per heavy atom. The van der Waals surface area contributed by atoms with Gasteiger partial charge in [-0.1, -0.05) is 25.3 Å². The van der Waals surface area contributed by atoms with Crippen molar-refractivity contribution in [3.8, 4) is 11.5 Å². The van der Waals surface area contributed by atoms with E-state index < -0.39 is 11.9 Å². The summed E-state index contributed by atoms with van der Waals surface area (Å²) in [5.41, 5.74) is 0.797. The summed E-state index contributed by atoms with van der Waals surface area (Å²) in [5, 5.41) is 12.3. The summed E-state index contributed by atoms with van der Waals surface area (Å²) < 4.78 is 10.4. The van der Waals surface area contributed by atoms with Crippen LogP contribution in [-0.4, -0.2) is 37.2 Å². The van der Waals surface area contributed by atoms with Crippen LogP contribution in [0.5, 0.6) is 11.5 Å². The summed E-state index contributed by atoms with van der Waals surface area (Å²) >= 11 is 0. The minimum atomic E-state index is -0.826. The van der Waals surface area contributed by atoms with Crippen molar-refractivity contribution in [2.24, 2.45) is 5.92 Å². The summed E-state index contributed by atoms with van der Waals surface area (Å²) in [5.74, 6) is -0.312. The number of rotatable bonds is 6. The number of carboxylic acid groups (broad SMARTS) is 1. The topological polar surface area (TPSA) is 84.9 Å². The molecule has 132 valence electrons. The van der Waals surface area contributed by atoms with Crippen LogP contribution in [-0.2, 0) is 16.0 Å². The van der Waals surface area contributed by atoms with E-state index in [-0.39, 0.29) is 18.4 Å². The molecule has 0 radical (unpaired) electrons. The van der Waals surface area contributed by atoms with Gasteiger partial charge in [0.25, 0.3) is 0 Å². The van der Waals surface area contributed by atoms with E-state index in [1.807, 2.05) is 6.07 Å². The number of methoxy groups -OCH3 is 2. The molecule has 1 amide bonds. The van der Waals surface area contributed by atoms with Gasteiger partial charge in [-0.15, -0.1) is 0 Å². The van der Waals surface area contributed by atoms with Crippen molar-refractivity contribution < 1.29 is 24.2 Å². The Morgan fingerprint density at radius 3 is 2.50 bits per heavy atom. The Bertz CT molecular complexity index is 587. The normalized spacial score (nSPS) is 20.8. The lowest BCUT2D eigenvalue weighted by Gasteiger charge is -2.23. The summed E-state index contributed by atoms with van der Waals surface area (Å²) in [6.07, 6.45) is 4.39. The molecule has 1 aromatic rings. The molecule has 0 spiro atoms. The number of ether oxygens (including phenoxy) is 2. The first-order valence-electron chi connectivity index (χ1n) is 8.28. The van der Waals surface area contributed by atoms with Gasteiger partial charge in [0.05, 0.1) is 26.6 Å². The number of carbonyl (C=O) groups excluding carboxylic acids is 1. The van der Waals surface area contributed by atoms with E-state index >= 15 is 0 Å². The van der Waals surface area contributed by atoms with Crippen LogP contribution in [0.4, 0.5) is 0 Å². The van der Waals surface area contributed by atoms with Gasteiger partial charge in [0, 0.05) is 6.04 Å². The first-order chi connectivity index (χ1) is 11.5. The Morgan fingerprint density at radius 1 is 1.12 bits per heavy atom. The highest BCUT2D eigenvalue weighted by atomic mass is 16.5. The fourth-order valence-corrected chi connectivity index (χ4v) is 3.21. The van der Waals surface area contributed by atoms with E-state index in [0.717, 1.165) is 24.8 Å². The predicted octanol–water partition coefficient (Wildman–Crippen LogP) is 2.40. The molecule has 1 aromatic carbocycles. The maximum atomic E-state index is 12.3. The van der Waals surface area contributed by atoms with Crippen LogP contribution in [0.1, 0.15) is 37.7 Å². The van der Waals surface area contributed by atoms with E-state index in [1.54, 1.807) is 26.4 Å². The highest BCUT2D eigenvalue weighted by Gasteiger charge is 2.30. The molecular formula is C18H25NO5. The number of carbonyl (C=O) groups is 2. The molecule has 1 aliphatic rings. The number of hydrogen-bond donors (Lipinski definition) is 2. The van der Waals surface area contributed by atoms with Gasteiger partial charge in [0.2, 0.25) is 5.91 Å². The maximum Gasteiger partial charge on any atom is 0.308 e. The maximum absolute atomic E-state index is 12.3. The number of amides is 1. The molecule has 0 aliphatic heterocycles. The first kappa shape index (κ1) is 18.1. The van der Waals surface area contributed by atoms with Crippen molar-refractivity contribution in [1.82, 2.24) is 5.32 Å². The van der Waals surface area contributed by atoms with Crippen LogP contribution in [0, 0.1) is 5.92 Å². The summed E-state index contributed by atoms with van der Waals surface area (Å²) in [7, 11) is 3.10. The van der Waals surface area contributed by atoms with Crippen molar-refractivity contribution in [3.05, 3.63) is 23.8 Å². The molecule has 6 nitrogen and oxygen atoms in total. The molecule has 2 N–H and O–H groups in total. The number of carboxylic acids is 1. The second kappa shape index (κ2) is 8.57.